The van der Waals surface area contributed by atoms with Crippen LogP contribution >= 0.6 is 0 Å². The maximum Gasteiger partial charge on any atom is 0.158 e. The van der Waals surface area contributed by atoms with Crippen LogP contribution in [0.3, 0.4) is 0 Å². The lowest BCUT2D eigenvalue weighted by molar-refractivity contribution is -0.117. The summed E-state index contributed by atoms with van der Waals surface area (Å²) >= 11 is 0. The lowest BCUT2D eigenvalue weighted by atomic mass is 9.72. The number of carbonyl (C=O) groups excluding carboxylic acids is 2. The first-order valence-corrected chi connectivity index (χ1v) is 15.2. The smallest absolute Gasteiger partial charge is 0.158 e. The van der Waals surface area contributed by atoms with Crippen molar-refractivity contribution in [2.75, 3.05) is 0 Å². The van der Waals surface area contributed by atoms with Crippen molar-refractivity contribution in [3.05, 3.63) is 130 Å². The standard InChI is InChI=1S/C40H52O2/c1-29(17-13-19-31(3)21-23-35-33(5)37(41)25-27-39(35,7)8)15-11-12-16-30(2)18-14-20-32(4)22-24-36-34(6)38(42)26-28-40(36,9)10/h11-24H,25-28H2,1-10H3/b12-11+,17-13?,18-14?,23-21+,24-22+,29-15+,30-16+,31-19?,32-20?. The van der Waals surface area contributed by atoms with Crippen molar-refractivity contribution in [2.45, 2.75) is 94.9 Å². The van der Waals surface area contributed by atoms with Gasteiger partial charge in [-0.05, 0) is 87.5 Å². The second-order valence-corrected chi connectivity index (χ2v) is 13.1. The largest absolute Gasteiger partial charge is 0.295 e. The molecule has 0 saturated carbocycles. The summed E-state index contributed by atoms with van der Waals surface area (Å²) in [6, 6.07) is 0. The Morgan fingerprint density at radius 3 is 1.19 bits per heavy atom. The van der Waals surface area contributed by atoms with Crippen LogP contribution in [0.25, 0.3) is 0 Å². The third-order valence-corrected chi connectivity index (χ3v) is 8.35. The Hall–Kier alpha value is -3.52. The van der Waals surface area contributed by atoms with Gasteiger partial charge in [0, 0.05) is 12.8 Å². The van der Waals surface area contributed by atoms with E-state index < -0.39 is 0 Å². The third kappa shape index (κ3) is 10.7. The molecule has 0 fully saturated rings. The highest BCUT2D eigenvalue weighted by Crippen LogP contribution is 2.40. The van der Waals surface area contributed by atoms with Gasteiger partial charge in [0.05, 0.1) is 0 Å². The molecule has 0 aliphatic heterocycles. The van der Waals surface area contributed by atoms with Crippen molar-refractivity contribution in [3.8, 4) is 0 Å². The SMILES string of the molecule is CC(=CC=C/C(C)=C/C=C/C=C(\C)C=CC=C(C)/C=C/C1=C(C)C(=O)CCC1(C)C)/C=C/C1=C(C)C(=O)CCC1(C)C. The maximum absolute atomic E-state index is 12.2. The summed E-state index contributed by atoms with van der Waals surface area (Å²) < 4.78 is 0. The summed E-state index contributed by atoms with van der Waals surface area (Å²) in [5.41, 5.74) is 8.82. The molecule has 0 saturated heterocycles. The minimum atomic E-state index is 0.0404. The molecule has 2 nitrogen and oxygen atoms in total. The molecule has 224 valence electrons. The normalized spacial score (nSPS) is 21.6. The number of carbonyl (C=O) groups is 2. The highest BCUT2D eigenvalue weighted by atomic mass is 16.1. The van der Waals surface area contributed by atoms with E-state index in [2.05, 4.69) is 140 Å². The molecule has 0 bridgehead atoms. The van der Waals surface area contributed by atoms with Gasteiger partial charge in [0.2, 0.25) is 0 Å². The van der Waals surface area contributed by atoms with E-state index in [1.54, 1.807) is 0 Å². The average molecular weight is 565 g/mol. The van der Waals surface area contributed by atoms with E-state index in [1.807, 2.05) is 13.8 Å². The molecule has 0 heterocycles. The summed E-state index contributed by atoms with van der Waals surface area (Å²) in [5.74, 6) is 0.542. The van der Waals surface area contributed by atoms with E-state index >= 15 is 0 Å². The molecular weight excluding hydrogens is 512 g/mol. The van der Waals surface area contributed by atoms with Crippen molar-refractivity contribution in [3.63, 3.8) is 0 Å². The van der Waals surface area contributed by atoms with E-state index in [0.717, 1.165) is 57.4 Å². The summed E-state index contributed by atoms with van der Waals surface area (Å²) in [6.07, 6.45) is 32.4. The zero-order valence-electron chi connectivity index (χ0n) is 27.7. The molecule has 2 rings (SSSR count). The Labute approximate surface area is 256 Å². The number of hydrogen-bond acceptors (Lipinski definition) is 2. The van der Waals surface area contributed by atoms with Crippen LogP contribution in [-0.4, -0.2) is 11.6 Å². The van der Waals surface area contributed by atoms with Crippen molar-refractivity contribution >= 4 is 11.6 Å². The van der Waals surface area contributed by atoms with Crippen LogP contribution in [-0.2, 0) is 9.59 Å². The predicted octanol–water partition coefficient (Wildman–Crippen LogP) is 11.0. The fraction of sp³-hybridized carbons (Fsp3) is 0.400. The molecule has 0 unspecified atom stereocenters. The number of hydrogen-bond donors (Lipinski definition) is 0. The first-order valence-electron chi connectivity index (χ1n) is 15.2. The Morgan fingerprint density at radius 2 is 0.833 bits per heavy atom. The molecule has 0 amide bonds. The van der Waals surface area contributed by atoms with Gasteiger partial charge in [-0.15, -0.1) is 0 Å². The third-order valence-electron chi connectivity index (χ3n) is 8.35. The average Bonchev–Trinajstić information content (AvgIpc) is 2.91. The van der Waals surface area contributed by atoms with Crippen LogP contribution in [0.4, 0.5) is 0 Å². The lowest BCUT2D eigenvalue weighted by Gasteiger charge is -2.32. The first kappa shape index (κ1) is 34.7. The van der Waals surface area contributed by atoms with Crippen molar-refractivity contribution in [2.24, 2.45) is 10.8 Å². The minimum absolute atomic E-state index is 0.0404. The molecule has 0 atom stereocenters. The molecule has 0 aromatic heterocycles. The first-order chi connectivity index (χ1) is 19.6. The van der Waals surface area contributed by atoms with E-state index in [9.17, 15) is 9.59 Å². The topological polar surface area (TPSA) is 34.1 Å². The summed E-state index contributed by atoms with van der Waals surface area (Å²) in [6.45, 7) is 21.1. The molecule has 0 N–H and O–H groups in total. The second kappa shape index (κ2) is 15.6. The van der Waals surface area contributed by atoms with Gasteiger partial charge in [-0.25, -0.2) is 0 Å². The molecule has 2 heteroatoms. The lowest BCUT2D eigenvalue weighted by Crippen LogP contribution is -2.24. The Morgan fingerprint density at radius 1 is 0.524 bits per heavy atom. The van der Waals surface area contributed by atoms with Gasteiger partial charge in [0.15, 0.2) is 11.6 Å². The van der Waals surface area contributed by atoms with E-state index in [0.29, 0.717) is 12.8 Å². The van der Waals surface area contributed by atoms with Crippen LogP contribution in [0.5, 0.6) is 0 Å². The summed E-state index contributed by atoms with van der Waals surface area (Å²) in [5, 5.41) is 0. The van der Waals surface area contributed by atoms with Gasteiger partial charge in [-0.1, -0.05) is 135 Å². The van der Waals surface area contributed by atoms with E-state index in [1.165, 1.54) is 0 Å². The van der Waals surface area contributed by atoms with Crippen molar-refractivity contribution in [1.29, 1.82) is 0 Å². The van der Waals surface area contributed by atoms with Gasteiger partial charge < -0.3 is 0 Å². The molecular formula is C40H52O2. The fourth-order valence-corrected chi connectivity index (χ4v) is 5.28. The molecule has 42 heavy (non-hydrogen) atoms. The molecule has 0 aromatic rings. The molecule has 0 radical (unpaired) electrons. The van der Waals surface area contributed by atoms with Crippen LogP contribution in [0.2, 0.25) is 0 Å². The van der Waals surface area contributed by atoms with Gasteiger partial charge in [0.25, 0.3) is 0 Å². The second-order valence-electron chi connectivity index (χ2n) is 13.1. The fourth-order valence-electron chi connectivity index (χ4n) is 5.28. The van der Waals surface area contributed by atoms with Crippen molar-refractivity contribution in [1.82, 2.24) is 0 Å². The molecule has 0 spiro atoms. The number of Topliss-reactive ketones (excluding diaryl/α,β-unsaturated/α-hetero) is 2. The van der Waals surface area contributed by atoms with Gasteiger partial charge >= 0.3 is 0 Å². The van der Waals surface area contributed by atoms with Crippen LogP contribution in [0, 0.1) is 10.8 Å². The van der Waals surface area contributed by atoms with E-state index in [4.69, 9.17) is 0 Å². The van der Waals surface area contributed by atoms with Gasteiger partial charge in [0.1, 0.15) is 0 Å². The Balaban J connectivity index is 1.93. The van der Waals surface area contributed by atoms with E-state index in [-0.39, 0.29) is 22.4 Å². The number of rotatable bonds is 10. The van der Waals surface area contributed by atoms with Crippen molar-refractivity contribution < 1.29 is 9.59 Å². The maximum atomic E-state index is 12.2. The predicted molar refractivity (Wildman–Crippen MR) is 182 cm³/mol. The summed E-state index contributed by atoms with van der Waals surface area (Å²) in [7, 11) is 0. The Bertz CT molecular complexity index is 1270. The minimum Gasteiger partial charge on any atom is -0.295 e. The number of allylic oxidation sites excluding steroid dienone is 22. The zero-order valence-corrected chi connectivity index (χ0v) is 27.7. The monoisotopic (exact) mass is 564 g/mol. The van der Waals surface area contributed by atoms with Crippen LogP contribution in [0.1, 0.15) is 94.9 Å². The van der Waals surface area contributed by atoms with Crippen LogP contribution < -0.4 is 0 Å². The molecule has 0 aromatic carbocycles. The highest BCUT2D eigenvalue weighted by molar-refractivity contribution is 5.97. The Kier molecular flexibility index (Phi) is 12.9. The zero-order chi connectivity index (χ0) is 31.5. The number of ketones is 2. The van der Waals surface area contributed by atoms with Gasteiger partial charge in [-0.2, -0.15) is 0 Å². The molecule has 2 aliphatic carbocycles. The summed E-state index contributed by atoms with van der Waals surface area (Å²) in [4.78, 5) is 24.3. The molecule has 2 aliphatic rings. The van der Waals surface area contributed by atoms with Gasteiger partial charge in [-0.3, -0.25) is 9.59 Å². The van der Waals surface area contributed by atoms with Crippen LogP contribution in [0.15, 0.2) is 130 Å². The highest BCUT2D eigenvalue weighted by Gasteiger charge is 2.31. The quantitative estimate of drug-likeness (QED) is 0.247.